The second-order valence-corrected chi connectivity index (χ2v) is 11.0. The third kappa shape index (κ3) is 10.2. The Bertz CT molecular complexity index is 908. The van der Waals surface area contributed by atoms with Gasteiger partial charge >= 0.3 is 17.9 Å². The molecule has 0 bridgehead atoms. The van der Waals surface area contributed by atoms with Crippen molar-refractivity contribution in [2.45, 2.75) is 102 Å². The Balaban J connectivity index is 3.10. The van der Waals surface area contributed by atoms with Crippen LogP contribution in [0.2, 0.25) is 0 Å². The van der Waals surface area contributed by atoms with E-state index in [9.17, 15) is 32.7 Å². The van der Waals surface area contributed by atoms with Crippen molar-refractivity contribution in [3.63, 3.8) is 0 Å². The van der Waals surface area contributed by atoms with Crippen molar-refractivity contribution in [1.29, 1.82) is 0 Å². The number of esters is 3. The van der Waals surface area contributed by atoms with Gasteiger partial charge in [0.1, 0.15) is 12.7 Å². The molecule has 0 unspecified atom stereocenters. The van der Waals surface area contributed by atoms with E-state index < -0.39 is 69.7 Å². The Morgan fingerprint density at radius 1 is 0.868 bits per heavy atom. The first-order valence-corrected chi connectivity index (χ1v) is 14.2. The number of ether oxygens (including phenoxy) is 5. The molecule has 1 fully saturated rings. The van der Waals surface area contributed by atoms with E-state index in [1.807, 2.05) is 0 Å². The van der Waals surface area contributed by atoms with Crippen molar-refractivity contribution in [3.8, 4) is 0 Å². The van der Waals surface area contributed by atoms with Gasteiger partial charge in [-0.25, -0.2) is 13.1 Å². The minimum absolute atomic E-state index is 0.0282. The first kappa shape index (κ1) is 33.9. The molecule has 0 radical (unpaired) electrons. The summed E-state index contributed by atoms with van der Waals surface area (Å²) in [6.45, 7) is 5.54. The van der Waals surface area contributed by atoms with E-state index in [2.05, 4.69) is 11.6 Å². The van der Waals surface area contributed by atoms with Crippen molar-refractivity contribution in [2.24, 2.45) is 0 Å². The molecule has 1 heterocycles. The number of ketones is 1. The lowest BCUT2D eigenvalue weighted by molar-refractivity contribution is -0.260. The van der Waals surface area contributed by atoms with Crippen molar-refractivity contribution in [2.75, 3.05) is 26.4 Å². The summed E-state index contributed by atoms with van der Waals surface area (Å²) in [4.78, 5) is 47.7. The highest BCUT2D eigenvalue weighted by Gasteiger charge is 2.63. The standard InChI is InChI=1S/C24H41NO12S/c1-6-7-8-9-10-11-13-33-14-12-25-38(31,32)23-21(36-19(5)29)20(35-18(4)28)22(30)24(37-23,16(2)26)15-34-17(3)27/h20-23,25,30H,6-15H2,1-5H3/t20-,21-,22-,23+,24+/m1/s1. The summed E-state index contributed by atoms with van der Waals surface area (Å²) in [7, 11) is -4.55. The van der Waals surface area contributed by atoms with Crippen molar-refractivity contribution >= 4 is 33.7 Å². The zero-order valence-electron chi connectivity index (χ0n) is 22.7. The second-order valence-electron chi connectivity index (χ2n) is 9.12. The van der Waals surface area contributed by atoms with E-state index in [4.69, 9.17) is 23.7 Å². The topological polar surface area (TPSA) is 181 Å². The summed E-state index contributed by atoms with van der Waals surface area (Å²) in [5.41, 5.74) is -4.55. The molecule has 0 aromatic rings. The van der Waals surface area contributed by atoms with Crippen LogP contribution in [0.4, 0.5) is 0 Å². The average Bonchev–Trinajstić information content (AvgIpc) is 2.81. The molecule has 220 valence electrons. The van der Waals surface area contributed by atoms with Crippen molar-refractivity contribution in [1.82, 2.24) is 4.72 Å². The van der Waals surface area contributed by atoms with E-state index >= 15 is 0 Å². The van der Waals surface area contributed by atoms with Crippen LogP contribution in [-0.2, 0) is 52.9 Å². The summed E-state index contributed by atoms with van der Waals surface area (Å²) >= 11 is 0. The molecular weight excluding hydrogens is 526 g/mol. The van der Waals surface area contributed by atoms with Gasteiger partial charge in [-0.15, -0.1) is 0 Å². The van der Waals surface area contributed by atoms with Crippen molar-refractivity contribution < 1.29 is 56.4 Å². The minimum atomic E-state index is -4.55. The zero-order valence-corrected chi connectivity index (χ0v) is 23.5. The van der Waals surface area contributed by atoms with Gasteiger partial charge in [0.2, 0.25) is 15.5 Å². The Morgan fingerprint density at radius 2 is 1.45 bits per heavy atom. The summed E-state index contributed by atoms with van der Waals surface area (Å²) in [6, 6.07) is 0. The fourth-order valence-corrected chi connectivity index (χ4v) is 5.36. The van der Waals surface area contributed by atoms with Gasteiger partial charge in [0.25, 0.3) is 0 Å². The van der Waals surface area contributed by atoms with Gasteiger partial charge in [0.05, 0.1) is 6.61 Å². The summed E-state index contributed by atoms with van der Waals surface area (Å²) < 4.78 is 55.0. The Kier molecular flexibility index (Phi) is 14.3. The van der Waals surface area contributed by atoms with Crippen LogP contribution in [-0.4, -0.2) is 92.9 Å². The monoisotopic (exact) mass is 567 g/mol. The molecule has 14 heteroatoms. The van der Waals surface area contributed by atoms with Crippen LogP contribution in [0.5, 0.6) is 0 Å². The predicted molar refractivity (Wildman–Crippen MR) is 133 cm³/mol. The molecule has 1 aliphatic heterocycles. The molecule has 13 nitrogen and oxygen atoms in total. The highest BCUT2D eigenvalue weighted by molar-refractivity contribution is 7.90. The van der Waals surface area contributed by atoms with Crippen LogP contribution in [0.15, 0.2) is 0 Å². The summed E-state index contributed by atoms with van der Waals surface area (Å²) in [5, 5.41) is 11.0. The number of carbonyl (C=O) groups is 4. The molecule has 38 heavy (non-hydrogen) atoms. The maximum atomic E-state index is 13.3. The van der Waals surface area contributed by atoms with Gasteiger partial charge < -0.3 is 28.8 Å². The average molecular weight is 568 g/mol. The molecule has 0 aromatic carbocycles. The molecule has 1 rings (SSSR count). The van der Waals surface area contributed by atoms with Gasteiger partial charge in [-0.05, 0) is 13.3 Å². The number of sulfonamides is 1. The number of hydrogen-bond acceptors (Lipinski definition) is 12. The molecule has 0 amide bonds. The predicted octanol–water partition coefficient (Wildman–Crippen LogP) is 0.754. The largest absolute Gasteiger partial charge is 0.462 e. The van der Waals surface area contributed by atoms with Gasteiger partial charge in [0, 0.05) is 33.9 Å². The lowest BCUT2D eigenvalue weighted by Crippen LogP contribution is -2.72. The van der Waals surface area contributed by atoms with Crippen molar-refractivity contribution in [3.05, 3.63) is 0 Å². The molecule has 5 atom stereocenters. The first-order valence-electron chi connectivity index (χ1n) is 12.7. The Labute approximate surface area is 223 Å². The molecule has 0 saturated carbocycles. The molecular formula is C24H41NO12S. The number of Topliss-reactive ketones (excluding diaryl/α,β-unsaturated/α-hetero) is 1. The fraction of sp³-hybridized carbons (Fsp3) is 0.833. The molecule has 2 N–H and O–H groups in total. The first-order chi connectivity index (χ1) is 17.8. The fourth-order valence-electron chi connectivity index (χ4n) is 3.97. The van der Waals surface area contributed by atoms with Crippen LogP contribution in [0.3, 0.4) is 0 Å². The van der Waals surface area contributed by atoms with E-state index in [1.54, 1.807) is 0 Å². The third-order valence-electron chi connectivity index (χ3n) is 5.90. The highest BCUT2D eigenvalue weighted by Crippen LogP contribution is 2.36. The van der Waals surface area contributed by atoms with Gasteiger partial charge in [-0.3, -0.25) is 19.2 Å². The van der Waals surface area contributed by atoms with E-state index in [-0.39, 0.29) is 13.2 Å². The normalized spacial score (nSPS) is 25.4. The number of carbonyl (C=O) groups excluding carboxylic acids is 4. The lowest BCUT2D eigenvalue weighted by Gasteiger charge is -2.48. The summed E-state index contributed by atoms with van der Waals surface area (Å²) in [6.07, 6.45) is 0.688. The molecule has 1 saturated heterocycles. The van der Waals surface area contributed by atoms with Gasteiger partial charge in [0.15, 0.2) is 23.6 Å². The number of rotatable bonds is 17. The Morgan fingerprint density at radius 3 is 2.00 bits per heavy atom. The van der Waals surface area contributed by atoms with Crippen LogP contribution < -0.4 is 4.72 Å². The number of hydrogen-bond donors (Lipinski definition) is 2. The SMILES string of the molecule is CCCCCCCCOCCNS(=O)(=O)[C@@H]1O[C@@](COC(C)=O)(C(C)=O)[C@H](O)[C@H](OC(C)=O)[C@H]1OC(C)=O. The van der Waals surface area contributed by atoms with E-state index in [0.717, 1.165) is 59.8 Å². The lowest BCUT2D eigenvalue weighted by atomic mass is 9.84. The van der Waals surface area contributed by atoms with Gasteiger partial charge in [-0.1, -0.05) is 39.0 Å². The number of aliphatic hydroxyl groups is 1. The second kappa shape index (κ2) is 16.1. The van der Waals surface area contributed by atoms with Crippen LogP contribution in [0.25, 0.3) is 0 Å². The smallest absolute Gasteiger partial charge is 0.303 e. The minimum Gasteiger partial charge on any atom is -0.462 e. The van der Waals surface area contributed by atoms with E-state index in [1.165, 1.54) is 6.42 Å². The molecule has 0 aromatic heterocycles. The maximum absolute atomic E-state index is 13.3. The Hall–Kier alpha value is -2.13. The quantitative estimate of drug-likeness (QED) is 0.143. The zero-order chi connectivity index (χ0) is 28.9. The van der Waals surface area contributed by atoms with Gasteiger partial charge in [-0.2, -0.15) is 0 Å². The number of aliphatic hydroxyl groups excluding tert-OH is 1. The molecule has 0 spiro atoms. The van der Waals surface area contributed by atoms with E-state index in [0.29, 0.717) is 6.61 Å². The maximum Gasteiger partial charge on any atom is 0.303 e. The number of nitrogens with one attached hydrogen (secondary N) is 1. The highest BCUT2D eigenvalue weighted by atomic mass is 32.2. The number of unbranched alkanes of at least 4 members (excludes halogenated alkanes) is 5. The summed E-state index contributed by atoms with van der Waals surface area (Å²) in [5.74, 6) is -3.66. The van der Waals surface area contributed by atoms with Crippen LogP contribution in [0, 0.1) is 0 Å². The third-order valence-corrected chi connectivity index (χ3v) is 7.48. The van der Waals surface area contributed by atoms with Crippen LogP contribution in [0.1, 0.15) is 73.1 Å². The molecule has 0 aliphatic carbocycles. The molecule has 1 aliphatic rings. The van der Waals surface area contributed by atoms with Crippen LogP contribution >= 0.6 is 0 Å².